The van der Waals surface area contributed by atoms with Crippen LogP contribution >= 0.6 is 0 Å². The summed E-state index contributed by atoms with van der Waals surface area (Å²) in [4.78, 5) is 42.1. The highest BCUT2D eigenvalue weighted by molar-refractivity contribution is 6.03. The topological polar surface area (TPSA) is 127 Å². The number of rotatable bonds is 12. The molecule has 0 saturated heterocycles. The molecule has 0 amide bonds. The average Bonchev–Trinajstić information content (AvgIpc) is 2.44. The monoisotopic (exact) mass is 378 g/mol. The van der Waals surface area contributed by atoms with Gasteiger partial charge in [-0.3, -0.25) is 14.4 Å². The summed E-state index contributed by atoms with van der Waals surface area (Å²) in [7, 11) is 0. The number of ketones is 2. The molecule has 146 valence electrons. The van der Waals surface area contributed by atoms with Gasteiger partial charge in [-0.05, 0) is 19.8 Å². The Labute approximate surface area is 159 Å². The van der Waals surface area contributed by atoms with Gasteiger partial charge in [-0.2, -0.15) is 0 Å². The number of hydrogen-bond acceptors (Lipinski definition) is 6. The molecule has 0 heterocycles. The Morgan fingerprint density at radius 2 is 1.28 bits per heavy atom. The Morgan fingerprint density at radius 3 is 1.44 bits per heavy atom. The molecule has 0 bridgehead atoms. The number of carbonyl (C=O) groups is 4. The van der Waals surface area contributed by atoms with Gasteiger partial charge in [0.15, 0.2) is 17.4 Å². The molecular weight excluding hydrogens is 347 g/mol. The van der Waals surface area contributed by atoms with Gasteiger partial charge in [0.25, 0.3) is 0 Å². The fraction of sp³-hybridized carbons (Fsp3) is 0.750. The van der Waals surface area contributed by atoms with Crippen LogP contribution in [0.3, 0.4) is 0 Å². The molecule has 0 rings (SSSR count). The Morgan fingerprint density at radius 1 is 0.880 bits per heavy atom. The summed E-state index contributed by atoms with van der Waals surface area (Å²) in [5.74, 6) is -5.50. The summed E-state index contributed by atoms with van der Waals surface area (Å²) < 4.78 is 10.3. The van der Waals surface area contributed by atoms with Gasteiger partial charge in [0, 0.05) is 6.92 Å². The zero-order valence-corrected chi connectivity index (χ0v) is 14.8. The molecule has 0 fully saturated rings. The zero-order valence-electron chi connectivity index (χ0n) is 14.8. The molecule has 0 aliphatic heterocycles. The molecule has 8 nitrogen and oxygen atoms in total. The van der Waals surface area contributed by atoms with E-state index in [-0.39, 0.29) is 42.8 Å². The third kappa shape index (κ3) is 13.7. The van der Waals surface area contributed by atoms with E-state index in [1.807, 2.05) is 13.8 Å². The number of hydrogen-bond donors (Lipinski definition) is 2. The Balaban J connectivity index is -0.000000513. The summed E-state index contributed by atoms with van der Waals surface area (Å²) in [6.45, 7) is 6.73. The van der Waals surface area contributed by atoms with Crippen molar-refractivity contribution >= 4 is 40.9 Å². The summed E-state index contributed by atoms with van der Waals surface area (Å²) in [5, 5.41) is 17.0. The molecule has 0 atom stereocenters. The predicted molar refractivity (Wildman–Crippen MR) is 95.6 cm³/mol. The van der Waals surface area contributed by atoms with Gasteiger partial charge in [0.05, 0.1) is 13.2 Å². The van der Waals surface area contributed by atoms with Crippen molar-refractivity contribution < 1.29 is 38.9 Å². The SMILES string of the molecule is CC(=O)CC(=O)O.CCCCOC(OCCCC)(C(C)=O)C(=O)O.[AlH3]. The van der Waals surface area contributed by atoms with E-state index in [2.05, 4.69) is 0 Å². The third-order valence-corrected chi connectivity index (χ3v) is 2.75. The second kappa shape index (κ2) is 16.2. The van der Waals surface area contributed by atoms with Gasteiger partial charge in [-0.1, -0.05) is 26.7 Å². The highest BCUT2D eigenvalue weighted by Gasteiger charge is 2.46. The van der Waals surface area contributed by atoms with E-state index >= 15 is 0 Å². The Hall–Kier alpha value is -1.27. The van der Waals surface area contributed by atoms with Crippen LogP contribution in [0.25, 0.3) is 0 Å². The van der Waals surface area contributed by atoms with E-state index in [0.717, 1.165) is 12.8 Å². The van der Waals surface area contributed by atoms with Crippen LogP contribution in [0.5, 0.6) is 0 Å². The van der Waals surface area contributed by atoms with Gasteiger partial charge < -0.3 is 19.7 Å². The normalized spacial score (nSPS) is 10.1. The van der Waals surface area contributed by atoms with Crippen molar-refractivity contribution in [1.29, 1.82) is 0 Å². The van der Waals surface area contributed by atoms with E-state index in [1.165, 1.54) is 13.8 Å². The van der Waals surface area contributed by atoms with Crippen LogP contribution < -0.4 is 0 Å². The standard InChI is InChI=1S/C12H22O5.C4H6O3.Al.3H/c1-4-6-8-16-12(10(3)13,11(14)15)17-9-7-5-2;1-3(5)2-4(6)7;;;;/h4-9H2,1-3H3,(H,14,15);2H2,1H3,(H,6,7);;;;. The Kier molecular flexibility index (Phi) is 18.5. The minimum absolute atomic E-state index is 0. The number of ether oxygens (including phenoxy) is 2. The largest absolute Gasteiger partial charge is 0.481 e. The smallest absolute Gasteiger partial charge is 0.372 e. The van der Waals surface area contributed by atoms with Crippen molar-refractivity contribution in [3.63, 3.8) is 0 Å². The maximum absolute atomic E-state index is 11.5. The van der Waals surface area contributed by atoms with Gasteiger partial charge in [-0.25, -0.2) is 4.79 Å². The molecule has 9 heteroatoms. The molecule has 0 aromatic rings. The predicted octanol–water partition coefficient (Wildman–Crippen LogP) is 0.856. The van der Waals surface area contributed by atoms with Crippen LogP contribution in [0.15, 0.2) is 0 Å². The van der Waals surface area contributed by atoms with Crippen LogP contribution in [0, 0.1) is 0 Å². The van der Waals surface area contributed by atoms with Gasteiger partial charge >= 0.3 is 17.7 Å². The molecule has 0 saturated carbocycles. The fourth-order valence-electron chi connectivity index (χ4n) is 1.45. The van der Waals surface area contributed by atoms with E-state index < -0.39 is 23.5 Å². The Bertz CT molecular complexity index is 384. The van der Waals surface area contributed by atoms with Crippen LogP contribution in [-0.4, -0.2) is 70.1 Å². The zero-order chi connectivity index (χ0) is 19.2. The lowest BCUT2D eigenvalue weighted by molar-refractivity contribution is -0.236. The van der Waals surface area contributed by atoms with Crippen molar-refractivity contribution in [2.45, 2.75) is 65.6 Å². The number of unbranched alkanes of at least 4 members (excludes halogenated alkanes) is 2. The molecule has 25 heavy (non-hydrogen) atoms. The number of carboxylic acids is 2. The highest BCUT2D eigenvalue weighted by atomic mass is 27.0. The first kappa shape index (κ1) is 28.5. The second-order valence-corrected chi connectivity index (χ2v) is 5.15. The van der Waals surface area contributed by atoms with E-state index in [1.54, 1.807) is 0 Å². The lowest BCUT2D eigenvalue weighted by Gasteiger charge is -2.26. The minimum atomic E-state index is -2.12. The first-order valence-corrected chi connectivity index (χ1v) is 7.87. The van der Waals surface area contributed by atoms with Gasteiger partial charge in [0.1, 0.15) is 12.2 Å². The summed E-state index contributed by atoms with van der Waals surface area (Å²) in [6.07, 6.45) is 2.75. The third-order valence-electron chi connectivity index (χ3n) is 2.75. The average molecular weight is 378 g/mol. The number of Topliss-reactive ketones (excluding diaryl/α,β-unsaturated/α-hetero) is 2. The van der Waals surface area contributed by atoms with Crippen LogP contribution in [0.2, 0.25) is 0 Å². The molecule has 0 aliphatic rings. The van der Waals surface area contributed by atoms with Crippen molar-refractivity contribution in [2.24, 2.45) is 0 Å². The van der Waals surface area contributed by atoms with E-state index in [4.69, 9.17) is 19.7 Å². The van der Waals surface area contributed by atoms with Crippen LogP contribution in [0.4, 0.5) is 0 Å². The molecule has 2 N–H and O–H groups in total. The lowest BCUT2D eigenvalue weighted by atomic mass is 10.2. The van der Waals surface area contributed by atoms with Crippen molar-refractivity contribution in [3.05, 3.63) is 0 Å². The number of carboxylic acid groups (broad SMARTS) is 2. The molecule has 0 aromatic carbocycles. The summed E-state index contributed by atoms with van der Waals surface area (Å²) >= 11 is 0. The van der Waals surface area contributed by atoms with Gasteiger partial charge in [-0.15, -0.1) is 0 Å². The van der Waals surface area contributed by atoms with Crippen molar-refractivity contribution in [1.82, 2.24) is 0 Å². The quantitative estimate of drug-likeness (QED) is 0.221. The fourth-order valence-corrected chi connectivity index (χ4v) is 1.45. The summed E-state index contributed by atoms with van der Waals surface area (Å²) in [5.41, 5.74) is 0. The highest BCUT2D eigenvalue weighted by Crippen LogP contribution is 2.17. The first-order chi connectivity index (χ1) is 11.1. The second-order valence-electron chi connectivity index (χ2n) is 5.15. The number of carbonyl (C=O) groups excluding carboxylic acids is 2. The summed E-state index contributed by atoms with van der Waals surface area (Å²) in [6, 6.07) is 0. The maximum atomic E-state index is 11.5. The van der Waals surface area contributed by atoms with Crippen LogP contribution in [0.1, 0.15) is 59.8 Å². The van der Waals surface area contributed by atoms with Crippen LogP contribution in [-0.2, 0) is 28.7 Å². The lowest BCUT2D eigenvalue weighted by Crippen LogP contribution is -2.51. The van der Waals surface area contributed by atoms with Gasteiger partial charge in [0.2, 0.25) is 5.78 Å². The molecule has 0 spiro atoms. The van der Waals surface area contributed by atoms with Crippen molar-refractivity contribution in [3.8, 4) is 0 Å². The van der Waals surface area contributed by atoms with Crippen molar-refractivity contribution in [2.75, 3.05) is 13.2 Å². The van der Waals surface area contributed by atoms with E-state index in [9.17, 15) is 19.2 Å². The molecule has 0 radical (unpaired) electrons. The number of aliphatic carboxylic acids is 2. The first-order valence-electron chi connectivity index (χ1n) is 7.87. The molecule has 0 unspecified atom stereocenters. The molecular formula is C16H31AlO8. The molecule has 0 aromatic heterocycles. The maximum Gasteiger partial charge on any atom is 0.372 e. The molecule has 0 aliphatic carbocycles. The van der Waals surface area contributed by atoms with E-state index in [0.29, 0.717) is 12.8 Å². The minimum Gasteiger partial charge on any atom is -0.481 e.